The van der Waals surface area contributed by atoms with Crippen molar-refractivity contribution in [2.75, 3.05) is 0 Å². The molecule has 0 aromatic carbocycles. The van der Waals surface area contributed by atoms with Gasteiger partial charge in [0.1, 0.15) is 0 Å². The van der Waals surface area contributed by atoms with Gasteiger partial charge in [-0.15, -0.1) is 0 Å². The molecule has 0 aliphatic heterocycles. The quantitative estimate of drug-likeness (QED) is 0.407. The van der Waals surface area contributed by atoms with Crippen LogP contribution in [-0.2, 0) is 0 Å². The van der Waals surface area contributed by atoms with E-state index in [4.69, 9.17) is 0 Å². The molecule has 0 unspecified atom stereocenters. The summed E-state index contributed by atoms with van der Waals surface area (Å²) in [6.07, 6.45) is 4.31. The standard InChI is InChI=1S/C5H11.C4H9.Al/c1-3-5-4-2;1-4(2)3;/h1,3-5H2,2H3;4H,1H2,2-3H3;/q;;+1. The van der Waals surface area contributed by atoms with Crippen molar-refractivity contribution >= 4 is 15.2 Å². The summed E-state index contributed by atoms with van der Waals surface area (Å²) in [7, 11) is 0. The van der Waals surface area contributed by atoms with Crippen LogP contribution < -0.4 is 0 Å². The van der Waals surface area contributed by atoms with Gasteiger partial charge in [-0.2, -0.15) is 0 Å². The first kappa shape index (κ1) is 10.5. The fourth-order valence-corrected chi connectivity index (χ4v) is 2.47. The van der Waals surface area contributed by atoms with Gasteiger partial charge in [0.25, 0.3) is 0 Å². The summed E-state index contributed by atoms with van der Waals surface area (Å²) in [6.45, 7) is 6.93. The summed E-state index contributed by atoms with van der Waals surface area (Å²) in [5, 5.41) is 3.04. The second-order valence-corrected chi connectivity index (χ2v) is 5.04. The number of rotatable bonds is 6. The van der Waals surface area contributed by atoms with Crippen LogP contribution in [0, 0.1) is 5.92 Å². The topological polar surface area (TPSA) is 0 Å². The Hall–Kier alpha value is 0.532. The third-order valence-electron chi connectivity index (χ3n) is 1.65. The summed E-state index contributed by atoms with van der Waals surface area (Å²) >= 11 is 0.783. The van der Waals surface area contributed by atoms with Gasteiger partial charge in [-0.05, 0) is 0 Å². The molecule has 0 atom stereocenters. The van der Waals surface area contributed by atoms with E-state index in [1.807, 2.05) is 0 Å². The Labute approximate surface area is 72.1 Å². The summed E-state index contributed by atoms with van der Waals surface area (Å²) in [5.41, 5.74) is 0. The van der Waals surface area contributed by atoms with Crippen LogP contribution in [0.2, 0.25) is 10.6 Å². The average molecular weight is 155 g/mol. The molecule has 0 rings (SSSR count). The molecule has 0 aromatic heterocycles. The van der Waals surface area contributed by atoms with Gasteiger partial charge in [-0.1, -0.05) is 0 Å². The van der Waals surface area contributed by atoms with Crippen LogP contribution in [0.5, 0.6) is 0 Å². The molecule has 0 saturated heterocycles. The Morgan fingerprint density at radius 3 is 2.40 bits per heavy atom. The first-order valence-corrected chi connectivity index (χ1v) is 6.22. The third kappa shape index (κ3) is 8.53. The molecular formula is C9H20Al+. The molecule has 0 spiro atoms. The van der Waals surface area contributed by atoms with Gasteiger partial charge in [-0.25, -0.2) is 0 Å². The molecule has 0 heterocycles. The summed E-state index contributed by atoms with van der Waals surface area (Å²) < 4.78 is 0. The normalized spacial score (nSPS) is 10.0. The number of hydrogen-bond acceptors (Lipinski definition) is 0. The van der Waals surface area contributed by atoms with E-state index in [1.165, 1.54) is 29.8 Å². The van der Waals surface area contributed by atoms with Crippen molar-refractivity contribution in [1.82, 2.24) is 0 Å². The second kappa shape index (κ2) is 7.64. The third-order valence-corrected chi connectivity index (χ3v) is 3.74. The molecule has 10 heavy (non-hydrogen) atoms. The van der Waals surface area contributed by atoms with Crippen molar-refractivity contribution in [2.24, 2.45) is 5.92 Å². The van der Waals surface area contributed by atoms with E-state index < -0.39 is 0 Å². The zero-order valence-electron chi connectivity index (χ0n) is 7.69. The molecule has 58 valence electrons. The second-order valence-electron chi connectivity index (χ2n) is 3.41. The molecule has 0 N–H and O–H groups in total. The van der Waals surface area contributed by atoms with E-state index in [9.17, 15) is 0 Å². The van der Waals surface area contributed by atoms with Crippen LogP contribution in [0.25, 0.3) is 0 Å². The molecule has 0 amide bonds. The van der Waals surface area contributed by atoms with Crippen molar-refractivity contribution in [3.8, 4) is 0 Å². The minimum absolute atomic E-state index is 0.783. The Bertz CT molecular complexity index is 59.7. The zero-order valence-corrected chi connectivity index (χ0v) is 8.84. The SMILES string of the molecule is CCCC[CH2][Al+][CH2]C(C)C. The van der Waals surface area contributed by atoms with Crippen molar-refractivity contribution in [3.05, 3.63) is 0 Å². The van der Waals surface area contributed by atoms with Gasteiger partial charge < -0.3 is 0 Å². The molecule has 0 nitrogen and oxygen atoms in total. The van der Waals surface area contributed by atoms with Gasteiger partial charge in [0.05, 0.1) is 0 Å². The first-order valence-electron chi connectivity index (χ1n) is 4.59. The summed E-state index contributed by atoms with van der Waals surface area (Å²) in [4.78, 5) is 0. The fraction of sp³-hybridized carbons (Fsp3) is 1.00. The van der Waals surface area contributed by atoms with Gasteiger partial charge >= 0.3 is 71.7 Å². The Kier molecular flexibility index (Phi) is 8.04. The molecule has 0 saturated carbocycles. The maximum absolute atomic E-state index is 2.33. The van der Waals surface area contributed by atoms with Gasteiger partial charge in [0, 0.05) is 0 Å². The number of hydrogen-bond donors (Lipinski definition) is 0. The van der Waals surface area contributed by atoms with Gasteiger partial charge in [0.15, 0.2) is 0 Å². The molecule has 0 fully saturated rings. The Morgan fingerprint density at radius 2 is 1.90 bits per heavy atom. The van der Waals surface area contributed by atoms with Crippen LogP contribution in [0.15, 0.2) is 0 Å². The van der Waals surface area contributed by atoms with E-state index in [2.05, 4.69) is 20.8 Å². The predicted molar refractivity (Wildman–Crippen MR) is 49.7 cm³/mol. The summed E-state index contributed by atoms with van der Waals surface area (Å²) in [5.74, 6) is 0.941. The molecule has 1 heteroatoms. The number of unbranched alkanes of at least 4 members (excludes halogenated alkanes) is 2. The van der Waals surface area contributed by atoms with Crippen molar-refractivity contribution in [3.63, 3.8) is 0 Å². The van der Waals surface area contributed by atoms with Crippen LogP contribution in [0.4, 0.5) is 0 Å². The van der Waals surface area contributed by atoms with Crippen molar-refractivity contribution < 1.29 is 0 Å². The van der Waals surface area contributed by atoms with Gasteiger partial charge in [-0.3, -0.25) is 0 Å². The van der Waals surface area contributed by atoms with Crippen LogP contribution in [0.1, 0.15) is 40.0 Å². The van der Waals surface area contributed by atoms with Crippen LogP contribution >= 0.6 is 0 Å². The minimum atomic E-state index is 0.783. The average Bonchev–Trinajstić information content (AvgIpc) is 1.87. The summed E-state index contributed by atoms with van der Waals surface area (Å²) in [6, 6.07) is 0. The maximum atomic E-state index is 2.33. The zero-order chi connectivity index (χ0) is 7.82. The van der Waals surface area contributed by atoms with Crippen molar-refractivity contribution in [2.45, 2.75) is 50.6 Å². The van der Waals surface area contributed by atoms with Crippen molar-refractivity contribution in [1.29, 1.82) is 0 Å². The molecule has 0 aromatic rings. The molecule has 0 aliphatic carbocycles. The van der Waals surface area contributed by atoms with E-state index in [0.717, 1.165) is 21.1 Å². The van der Waals surface area contributed by atoms with E-state index in [1.54, 1.807) is 0 Å². The molecule has 0 aliphatic rings. The monoisotopic (exact) mass is 155 g/mol. The molecular weight excluding hydrogens is 135 g/mol. The van der Waals surface area contributed by atoms with E-state index >= 15 is 0 Å². The van der Waals surface area contributed by atoms with Crippen LogP contribution in [0.3, 0.4) is 0 Å². The Balaban J connectivity index is 2.77. The fourth-order valence-electron chi connectivity index (χ4n) is 0.990. The predicted octanol–water partition coefficient (Wildman–Crippen LogP) is 3.37. The Morgan fingerprint density at radius 1 is 1.20 bits per heavy atom. The molecule has 0 radical (unpaired) electrons. The van der Waals surface area contributed by atoms with Gasteiger partial charge in [0.2, 0.25) is 0 Å². The van der Waals surface area contributed by atoms with E-state index in [0.29, 0.717) is 0 Å². The van der Waals surface area contributed by atoms with E-state index in [-0.39, 0.29) is 0 Å². The van der Waals surface area contributed by atoms with Crippen LogP contribution in [-0.4, -0.2) is 15.2 Å². The molecule has 0 bridgehead atoms. The first-order chi connectivity index (χ1) is 4.77.